The maximum Gasteiger partial charge on any atom is 0.0448 e. The van der Waals surface area contributed by atoms with Gasteiger partial charge in [0.2, 0.25) is 0 Å². The third-order valence-electron chi connectivity index (χ3n) is 13.4. The molecule has 5 saturated carbocycles. The fraction of sp³-hybridized carbons (Fsp3) is 1.00. The van der Waals surface area contributed by atoms with E-state index in [1.165, 1.54) is 18.4 Å². The van der Waals surface area contributed by atoms with Gasteiger partial charge < -0.3 is 0 Å². The van der Waals surface area contributed by atoms with Crippen molar-refractivity contribution in [3.05, 3.63) is 0 Å². The number of hydrogen-bond donors (Lipinski definition) is 0. The van der Waals surface area contributed by atoms with E-state index in [0.29, 0.717) is 5.41 Å². The molecule has 7 unspecified atom stereocenters. The number of hydrogen-bond acceptors (Lipinski definition) is 0. The van der Waals surface area contributed by atoms with Crippen molar-refractivity contribution in [3.8, 4) is 0 Å². The quantitative estimate of drug-likeness (QED) is 0.329. The molecule has 2 heteroatoms. The van der Waals surface area contributed by atoms with Crippen molar-refractivity contribution >= 4 is 15.2 Å². The van der Waals surface area contributed by atoms with Gasteiger partial charge in [0, 0.05) is 15.2 Å². The Morgan fingerprint density at radius 2 is 1.29 bits per heavy atom. The fourth-order valence-electron chi connectivity index (χ4n) is 11.3. The van der Waals surface area contributed by atoms with Crippen molar-refractivity contribution in [2.45, 2.75) is 154 Å². The van der Waals surface area contributed by atoms with Crippen LogP contribution >= 0.6 is 0 Å². The maximum atomic E-state index is 2.94. The van der Waals surface area contributed by atoms with Crippen molar-refractivity contribution in [2.75, 3.05) is 0 Å². The highest BCUT2D eigenvalue weighted by Crippen LogP contribution is 2.65. The highest BCUT2D eigenvalue weighted by atomic mass is 29.3. The monoisotopic (exact) mass is 500 g/mol. The van der Waals surface area contributed by atoms with Crippen molar-refractivity contribution in [1.82, 2.24) is 0 Å². The van der Waals surface area contributed by atoms with E-state index in [1.807, 2.05) is 0 Å². The Balaban J connectivity index is 1.34. The Bertz CT molecular complexity index is 696. The Hall–Kier alpha value is 0.434. The van der Waals surface area contributed by atoms with Crippen molar-refractivity contribution in [1.29, 1.82) is 0 Å². The SMILES string of the molecule is CC(C)(C)CC1CCC([Si](C)(C)[Si](C)(C)C2CCC3C2C[C@H]2CCCC2C3C2CCCCC2)C1. The Kier molecular flexibility index (Phi) is 7.38. The summed E-state index contributed by atoms with van der Waals surface area (Å²) in [5.41, 5.74) is 2.83. The standard InChI is InChI=1S/C32H60Si2/c1-32(2,3)22-23-16-17-26(20-23)33(4,5)34(6,7)30-19-18-28-29(30)21-25-14-11-15-27(25)31(28)24-12-9-8-10-13-24/h23-31H,8-22H2,1-7H3/t23?,25-,26?,27?,28?,29?,30?,31?/m1/s1. The Labute approximate surface area is 216 Å². The Morgan fingerprint density at radius 1 is 0.588 bits per heavy atom. The van der Waals surface area contributed by atoms with E-state index in [-0.39, 0.29) is 0 Å². The zero-order valence-corrected chi connectivity index (χ0v) is 26.3. The first-order valence-electron chi connectivity index (χ1n) is 16.0. The molecule has 0 aromatic carbocycles. The van der Waals surface area contributed by atoms with Gasteiger partial charge in [0.25, 0.3) is 0 Å². The highest BCUT2D eigenvalue weighted by Gasteiger charge is 2.60. The lowest BCUT2D eigenvalue weighted by atomic mass is 9.58. The predicted octanol–water partition coefficient (Wildman–Crippen LogP) is 10.5. The highest BCUT2D eigenvalue weighted by molar-refractivity contribution is 7.41. The van der Waals surface area contributed by atoms with Crippen LogP contribution in [-0.2, 0) is 0 Å². The summed E-state index contributed by atoms with van der Waals surface area (Å²) < 4.78 is 0. The van der Waals surface area contributed by atoms with E-state index < -0.39 is 15.2 Å². The summed E-state index contributed by atoms with van der Waals surface area (Å²) in [6, 6.07) is 0. The summed E-state index contributed by atoms with van der Waals surface area (Å²) in [5.74, 6) is 7.86. The van der Waals surface area contributed by atoms with Crippen molar-refractivity contribution in [3.63, 3.8) is 0 Å². The van der Waals surface area contributed by atoms with Gasteiger partial charge in [0.1, 0.15) is 0 Å². The second-order valence-electron chi connectivity index (χ2n) is 16.7. The van der Waals surface area contributed by atoms with Crippen LogP contribution in [0.25, 0.3) is 0 Å². The molecule has 0 nitrogen and oxygen atoms in total. The number of rotatable bonds is 5. The van der Waals surface area contributed by atoms with Crippen LogP contribution in [0.1, 0.15) is 117 Å². The summed E-state index contributed by atoms with van der Waals surface area (Å²) >= 11 is 0. The minimum atomic E-state index is -1.24. The minimum absolute atomic E-state index is 0.519. The molecule has 0 amide bonds. The molecule has 0 aromatic rings. The van der Waals surface area contributed by atoms with Crippen LogP contribution in [-0.4, -0.2) is 15.2 Å². The summed E-state index contributed by atoms with van der Waals surface area (Å²) in [4.78, 5) is 0. The lowest BCUT2D eigenvalue weighted by Crippen LogP contribution is -2.61. The molecule has 8 atom stereocenters. The molecule has 0 bridgehead atoms. The van der Waals surface area contributed by atoms with Gasteiger partial charge in [-0.3, -0.25) is 0 Å². The summed E-state index contributed by atoms with van der Waals surface area (Å²) in [6.45, 7) is 19.1. The minimum Gasteiger partial charge on any atom is -0.0711 e. The van der Waals surface area contributed by atoms with Gasteiger partial charge in [-0.15, -0.1) is 0 Å². The van der Waals surface area contributed by atoms with Crippen LogP contribution in [0.4, 0.5) is 0 Å². The first-order chi connectivity index (χ1) is 16.0. The van der Waals surface area contributed by atoms with E-state index in [1.54, 1.807) is 83.5 Å². The summed E-state index contributed by atoms with van der Waals surface area (Å²) in [5, 5.41) is 0. The molecule has 5 rings (SSSR count). The smallest absolute Gasteiger partial charge is 0.0448 e. The molecule has 0 N–H and O–H groups in total. The number of fused-ring (bicyclic) bond motifs is 2. The van der Waals surface area contributed by atoms with Crippen molar-refractivity contribution < 1.29 is 0 Å². The molecule has 5 fully saturated rings. The molecule has 0 aromatic heterocycles. The fourth-order valence-corrected chi connectivity index (χ4v) is 25.4. The molecule has 0 saturated heterocycles. The lowest BCUT2D eigenvalue weighted by Gasteiger charge is -2.53. The van der Waals surface area contributed by atoms with E-state index in [4.69, 9.17) is 0 Å². The largest absolute Gasteiger partial charge is 0.0711 e. The molecular weight excluding hydrogens is 441 g/mol. The average molecular weight is 501 g/mol. The van der Waals surface area contributed by atoms with Gasteiger partial charge in [0.15, 0.2) is 0 Å². The molecule has 0 heterocycles. The predicted molar refractivity (Wildman–Crippen MR) is 156 cm³/mol. The second-order valence-corrected chi connectivity index (χ2v) is 32.8. The topological polar surface area (TPSA) is 0 Å². The molecule has 5 aliphatic carbocycles. The molecule has 0 radical (unpaired) electrons. The van der Waals surface area contributed by atoms with E-state index in [2.05, 4.69) is 47.0 Å². The molecule has 0 aliphatic heterocycles. The molecule has 34 heavy (non-hydrogen) atoms. The lowest BCUT2D eigenvalue weighted by molar-refractivity contribution is 0.0162. The van der Waals surface area contributed by atoms with E-state index in [9.17, 15) is 0 Å². The first kappa shape index (κ1) is 26.1. The van der Waals surface area contributed by atoms with E-state index in [0.717, 1.165) is 47.0 Å². The normalized spacial score (nSPS) is 42.1. The van der Waals surface area contributed by atoms with Gasteiger partial charge >= 0.3 is 0 Å². The van der Waals surface area contributed by atoms with Gasteiger partial charge in [-0.25, -0.2) is 0 Å². The second kappa shape index (κ2) is 9.63. The molecular formula is C32H60Si2. The average Bonchev–Trinajstić information content (AvgIpc) is 3.50. The molecule has 0 spiro atoms. The van der Waals surface area contributed by atoms with Crippen LogP contribution in [0.15, 0.2) is 0 Å². The molecule has 5 aliphatic rings. The van der Waals surface area contributed by atoms with Crippen LogP contribution in [0.2, 0.25) is 37.3 Å². The van der Waals surface area contributed by atoms with Gasteiger partial charge in [-0.05, 0) is 83.6 Å². The van der Waals surface area contributed by atoms with Crippen LogP contribution < -0.4 is 0 Å². The third-order valence-corrected chi connectivity index (χ3v) is 34.2. The molecule has 196 valence electrons. The van der Waals surface area contributed by atoms with Crippen LogP contribution in [0, 0.1) is 46.8 Å². The van der Waals surface area contributed by atoms with Gasteiger partial charge in [0.05, 0.1) is 0 Å². The van der Waals surface area contributed by atoms with Gasteiger partial charge in [-0.1, -0.05) is 118 Å². The maximum absolute atomic E-state index is 2.94. The zero-order chi connectivity index (χ0) is 24.3. The van der Waals surface area contributed by atoms with Crippen LogP contribution in [0.3, 0.4) is 0 Å². The van der Waals surface area contributed by atoms with Gasteiger partial charge in [-0.2, -0.15) is 0 Å². The summed E-state index contributed by atoms with van der Waals surface area (Å²) in [6.07, 6.45) is 23.8. The van der Waals surface area contributed by atoms with Crippen LogP contribution in [0.5, 0.6) is 0 Å². The van der Waals surface area contributed by atoms with E-state index >= 15 is 0 Å². The third kappa shape index (κ3) is 4.72. The zero-order valence-electron chi connectivity index (χ0n) is 24.3. The Morgan fingerprint density at radius 3 is 2.00 bits per heavy atom. The van der Waals surface area contributed by atoms with Crippen molar-refractivity contribution in [2.24, 2.45) is 46.8 Å². The summed E-state index contributed by atoms with van der Waals surface area (Å²) in [7, 11) is -2.46. The first-order valence-corrected chi connectivity index (χ1v) is 23.1.